The molecule has 20 heavy (non-hydrogen) atoms. The van der Waals surface area contributed by atoms with Crippen molar-refractivity contribution in [1.29, 1.82) is 0 Å². The molecule has 0 aliphatic heterocycles. The van der Waals surface area contributed by atoms with Crippen LogP contribution < -0.4 is 10.2 Å². The number of aliphatic hydroxyl groups is 1. The van der Waals surface area contributed by atoms with Crippen LogP contribution in [0.25, 0.3) is 0 Å². The van der Waals surface area contributed by atoms with E-state index in [2.05, 4.69) is 55.0 Å². The Balaban J connectivity index is 2.80. The Kier molecular flexibility index (Phi) is 7.55. The van der Waals surface area contributed by atoms with E-state index in [4.69, 9.17) is 5.11 Å². The summed E-state index contributed by atoms with van der Waals surface area (Å²) < 4.78 is 0. The lowest BCUT2D eigenvalue weighted by atomic mass is 10.1. The van der Waals surface area contributed by atoms with Gasteiger partial charge in [-0.2, -0.15) is 0 Å². The Labute approximate surface area is 123 Å². The molecule has 114 valence electrons. The van der Waals surface area contributed by atoms with Gasteiger partial charge in [0.1, 0.15) is 0 Å². The van der Waals surface area contributed by atoms with Crippen LogP contribution in [0.1, 0.15) is 52.3 Å². The highest BCUT2D eigenvalue weighted by Gasteiger charge is 2.13. The fraction of sp³-hybridized carbons (Fsp3) is 0.688. The molecule has 1 heterocycles. The smallest absolute Gasteiger partial charge is 0.0606 e. The summed E-state index contributed by atoms with van der Waals surface area (Å²) in [7, 11) is 0. The molecule has 2 N–H and O–H groups in total. The third kappa shape index (κ3) is 4.76. The predicted octanol–water partition coefficient (Wildman–Crippen LogP) is 2.74. The zero-order chi connectivity index (χ0) is 15.0. The van der Waals surface area contributed by atoms with Crippen LogP contribution in [0.5, 0.6) is 0 Å². The van der Waals surface area contributed by atoms with E-state index in [-0.39, 0.29) is 6.61 Å². The van der Waals surface area contributed by atoms with E-state index in [9.17, 15) is 0 Å². The molecule has 0 bridgehead atoms. The maximum atomic E-state index is 9.15. The average molecular weight is 279 g/mol. The first-order valence-corrected chi connectivity index (χ1v) is 7.70. The van der Waals surface area contributed by atoms with Crippen molar-refractivity contribution >= 4 is 5.69 Å². The van der Waals surface area contributed by atoms with Crippen LogP contribution in [0.15, 0.2) is 18.3 Å². The number of hydrogen-bond acceptors (Lipinski definition) is 4. The summed E-state index contributed by atoms with van der Waals surface area (Å²) in [4.78, 5) is 6.77. The van der Waals surface area contributed by atoms with Gasteiger partial charge in [-0.1, -0.05) is 13.8 Å². The number of nitrogens with one attached hydrogen (secondary N) is 1. The fourth-order valence-corrected chi connectivity index (χ4v) is 2.34. The summed E-state index contributed by atoms with van der Waals surface area (Å²) in [5.74, 6) is 0. The molecule has 0 aliphatic rings. The summed E-state index contributed by atoms with van der Waals surface area (Å²) in [5.41, 5.74) is 2.17. The van der Waals surface area contributed by atoms with Crippen LogP contribution in [-0.4, -0.2) is 35.8 Å². The first kappa shape index (κ1) is 16.9. The molecule has 1 unspecified atom stereocenters. The number of aromatic nitrogens is 1. The summed E-state index contributed by atoms with van der Waals surface area (Å²) in [5, 5.41) is 12.7. The number of nitrogens with zero attached hydrogens (tertiary/aromatic N) is 2. The first-order chi connectivity index (χ1) is 9.63. The largest absolute Gasteiger partial charge is 0.395 e. The van der Waals surface area contributed by atoms with E-state index in [0.717, 1.165) is 30.8 Å². The van der Waals surface area contributed by atoms with Crippen molar-refractivity contribution in [2.24, 2.45) is 0 Å². The molecule has 1 atom stereocenters. The molecule has 0 saturated heterocycles. The Morgan fingerprint density at radius 1 is 1.30 bits per heavy atom. The van der Waals surface area contributed by atoms with Gasteiger partial charge in [-0.15, -0.1) is 0 Å². The molecule has 0 amide bonds. The summed E-state index contributed by atoms with van der Waals surface area (Å²) >= 11 is 0. The lowest BCUT2D eigenvalue weighted by Gasteiger charge is -2.28. The number of aliphatic hydroxyl groups excluding tert-OH is 1. The van der Waals surface area contributed by atoms with Gasteiger partial charge in [-0.25, -0.2) is 0 Å². The third-order valence-corrected chi connectivity index (χ3v) is 3.47. The van der Waals surface area contributed by atoms with Gasteiger partial charge in [0.2, 0.25) is 0 Å². The molecule has 0 aliphatic carbocycles. The average Bonchev–Trinajstić information content (AvgIpc) is 2.46. The number of rotatable bonds is 9. The minimum absolute atomic E-state index is 0.162. The molecule has 4 nitrogen and oxygen atoms in total. The van der Waals surface area contributed by atoms with Crippen molar-refractivity contribution in [3.05, 3.63) is 24.0 Å². The monoisotopic (exact) mass is 279 g/mol. The topological polar surface area (TPSA) is 48.4 Å². The lowest BCUT2D eigenvalue weighted by molar-refractivity contribution is 0.299. The minimum atomic E-state index is 0.162. The van der Waals surface area contributed by atoms with E-state index in [0.29, 0.717) is 18.6 Å². The van der Waals surface area contributed by atoms with E-state index < -0.39 is 0 Å². The van der Waals surface area contributed by atoms with Crippen molar-refractivity contribution in [3.63, 3.8) is 0 Å². The Morgan fingerprint density at radius 3 is 2.50 bits per heavy atom. The normalized spacial score (nSPS) is 12.7. The first-order valence-electron chi connectivity index (χ1n) is 7.70. The Hall–Kier alpha value is -1.13. The van der Waals surface area contributed by atoms with Crippen LogP contribution in [0, 0.1) is 0 Å². The second-order valence-corrected chi connectivity index (χ2v) is 5.37. The van der Waals surface area contributed by atoms with Gasteiger partial charge < -0.3 is 15.3 Å². The Morgan fingerprint density at radius 2 is 2.05 bits per heavy atom. The summed E-state index contributed by atoms with van der Waals surface area (Å²) in [6.45, 7) is 10.4. The molecule has 0 fully saturated rings. The highest BCUT2D eigenvalue weighted by atomic mass is 16.3. The Bertz CT molecular complexity index is 364. The maximum Gasteiger partial charge on any atom is 0.0606 e. The van der Waals surface area contributed by atoms with Crippen molar-refractivity contribution in [2.45, 2.75) is 52.6 Å². The number of pyridine rings is 1. The molecular weight excluding hydrogens is 250 g/mol. The highest BCUT2D eigenvalue weighted by Crippen LogP contribution is 2.20. The summed E-state index contributed by atoms with van der Waals surface area (Å²) in [6.07, 6.45) is 4.09. The zero-order valence-electron chi connectivity index (χ0n) is 13.3. The van der Waals surface area contributed by atoms with Gasteiger partial charge in [0.05, 0.1) is 24.2 Å². The second kappa shape index (κ2) is 8.93. The number of hydrogen-bond donors (Lipinski definition) is 2. The van der Waals surface area contributed by atoms with Crippen molar-refractivity contribution in [2.75, 3.05) is 24.6 Å². The lowest BCUT2D eigenvalue weighted by Crippen LogP contribution is -2.33. The minimum Gasteiger partial charge on any atom is -0.395 e. The predicted molar refractivity (Wildman–Crippen MR) is 85.1 cm³/mol. The standard InChI is InChI=1S/C16H29N3O/c1-5-9-17-15(6-2)16-8-7-14(12-18-16)19(10-11-20)13(3)4/h7-8,12-13,15,17,20H,5-6,9-11H2,1-4H3. The van der Waals surface area contributed by atoms with Gasteiger partial charge in [0.25, 0.3) is 0 Å². The fourth-order valence-electron chi connectivity index (χ4n) is 2.34. The zero-order valence-corrected chi connectivity index (χ0v) is 13.3. The van der Waals surface area contributed by atoms with Gasteiger partial charge >= 0.3 is 0 Å². The molecular formula is C16H29N3O. The van der Waals surface area contributed by atoms with Gasteiger partial charge in [-0.3, -0.25) is 4.98 Å². The maximum absolute atomic E-state index is 9.15. The third-order valence-electron chi connectivity index (χ3n) is 3.47. The van der Waals surface area contributed by atoms with Gasteiger partial charge in [0.15, 0.2) is 0 Å². The van der Waals surface area contributed by atoms with Crippen LogP contribution in [0.4, 0.5) is 5.69 Å². The molecule has 0 radical (unpaired) electrons. The molecule has 1 aromatic heterocycles. The molecule has 0 saturated carbocycles. The molecule has 4 heteroatoms. The van der Waals surface area contributed by atoms with Gasteiger partial charge in [0, 0.05) is 18.6 Å². The summed E-state index contributed by atoms with van der Waals surface area (Å²) in [6, 6.07) is 4.89. The van der Waals surface area contributed by atoms with E-state index in [1.165, 1.54) is 0 Å². The van der Waals surface area contributed by atoms with Crippen molar-refractivity contribution in [3.8, 4) is 0 Å². The van der Waals surface area contributed by atoms with Crippen LogP contribution in [0.2, 0.25) is 0 Å². The van der Waals surface area contributed by atoms with Crippen LogP contribution >= 0.6 is 0 Å². The second-order valence-electron chi connectivity index (χ2n) is 5.37. The van der Waals surface area contributed by atoms with E-state index >= 15 is 0 Å². The quantitative estimate of drug-likeness (QED) is 0.730. The van der Waals surface area contributed by atoms with Gasteiger partial charge in [-0.05, 0) is 45.4 Å². The molecule has 1 rings (SSSR count). The van der Waals surface area contributed by atoms with Crippen molar-refractivity contribution in [1.82, 2.24) is 10.3 Å². The van der Waals surface area contributed by atoms with E-state index in [1.54, 1.807) is 0 Å². The molecule has 0 aromatic carbocycles. The SMILES string of the molecule is CCCNC(CC)c1ccc(N(CCO)C(C)C)cn1. The van der Waals surface area contributed by atoms with E-state index in [1.807, 2.05) is 6.20 Å². The number of anilines is 1. The van der Waals surface area contributed by atoms with Crippen molar-refractivity contribution < 1.29 is 5.11 Å². The molecule has 0 spiro atoms. The van der Waals surface area contributed by atoms with Crippen LogP contribution in [0.3, 0.4) is 0 Å². The molecule has 1 aromatic rings. The van der Waals surface area contributed by atoms with Crippen LogP contribution in [-0.2, 0) is 0 Å². The highest BCUT2D eigenvalue weighted by molar-refractivity contribution is 5.45.